The third-order valence-corrected chi connectivity index (χ3v) is 4.01. The van der Waals surface area contributed by atoms with Gasteiger partial charge in [0.25, 0.3) is 0 Å². The van der Waals surface area contributed by atoms with Gasteiger partial charge >= 0.3 is 5.97 Å². The number of anilines is 1. The van der Waals surface area contributed by atoms with Gasteiger partial charge in [-0.25, -0.2) is 9.18 Å². The number of benzene rings is 1. The number of carboxylic acid groups (broad SMARTS) is 1. The Hall–Kier alpha value is -1.58. The molecule has 104 valence electrons. The van der Waals surface area contributed by atoms with Gasteiger partial charge in [0.05, 0.1) is 5.69 Å². The van der Waals surface area contributed by atoms with Gasteiger partial charge in [0, 0.05) is 6.04 Å². The minimum absolute atomic E-state index is 0.250. The van der Waals surface area contributed by atoms with Crippen molar-refractivity contribution in [2.24, 2.45) is 5.92 Å². The average Bonchev–Trinajstić information content (AvgIpc) is 2.39. The third kappa shape index (κ3) is 3.25. The van der Waals surface area contributed by atoms with Crippen molar-refractivity contribution in [3.05, 3.63) is 29.6 Å². The van der Waals surface area contributed by atoms with E-state index < -0.39 is 11.8 Å². The summed E-state index contributed by atoms with van der Waals surface area (Å²) < 4.78 is 13.6. The van der Waals surface area contributed by atoms with Crippen LogP contribution in [0.5, 0.6) is 0 Å². The first-order valence-electron chi connectivity index (χ1n) is 6.90. The Bertz CT molecular complexity index is 453. The maximum atomic E-state index is 13.6. The number of aromatic carboxylic acids is 1. The highest BCUT2D eigenvalue weighted by atomic mass is 19.1. The van der Waals surface area contributed by atoms with Crippen LogP contribution in [0.15, 0.2) is 18.2 Å². The Labute approximate surface area is 112 Å². The Kier molecular flexibility index (Phi) is 4.40. The summed E-state index contributed by atoms with van der Waals surface area (Å²) in [5, 5.41) is 12.3. The van der Waals surface area contributed by atoms with Gasteiger partial charge in [-0.15, -0.1) is 0 Å². The van der Waals surface area contributed by atoms with E-state index in [2.05, 4.69) is 12.2 Å². The standard InChI is InChI=1S/C15H20FNO2/c1-2-10-6-8-11(9-7-10)17-13-5-3-4-12(16)14(13)15(18)19/h3-5,10-11,17H,2,6-9H2,1H3,(H,18,19). The predicted octanol–water partition coefficient (Wildman–Crippen LogP) is 3.90. The molecule has 0 spiro atoms. The predicted molar refractivity (Wildman–Crippen MR) is 73.0 cm³/mol. The Morgan fingerprint density at radius 3 is 2.63 bits per heavy atom. The number of rotatable bonds is 4. The minimum atomic E-state index is -1.22. The summed E-state index contributed by atoms with van der Waals surface area (Å²) in [6.45, 7) is 2.20. The second-order valence-electron chi connectivity index (χ2n) is 5.24. The molecule has 1 aromatic carbocycles. The van der Waals surface area contributed by atoms with Crippen LogP contribution in [-0.4, -0.2) is 17.1 Å². The lowest BCUT2D eigenvalue weighted by atomic mass is 9.84. The van der Waals surface area contributed by atoms with Crippen LogP contribution in [0.4, 0.5) is 10.1 Å². The number of nitrogens with one attached hydrogen (secondary N) is 1. The molecule has 0 aromatic heterocycles. The van der Waals surface area contributed by atoms with Gasteiger partial charge < -0.3 is 10.4 Å². The first-order valence-corrected chi connectivity index (χ1v) is 6.90. The highest BCUT2D eigenvalue weighted by molar-refractivity contribution is 5.94. The lowest BCUT2D eigenvalue weighted by Gasteiger charge is -2.29. The van der Waals surface area contributed by atoms with Crippen molar-refractivity contribution in [3.8, 4) is 0 Å². The van der Waals surface area contributed by atoms with E-state index in [-0.39, 0.29) is 11.6 Å². The number of hydrogen-bond donors (Lipinski definition) is 2. The summed E-state index contributed by atoms with van der Waals surface area (Å²) in [6, 6.07) is 4.62. The van der Waals surface area contributed by atoms with Crippen LogP contribution >= 0.6 is 0 Å². The number of carbonyl (C=O) groups is 1. The largest absolute Gasteiger partial charge is 0.478 e. The first kappa shape index (κ1) is 13.8. The molecule has 1 aromatic rings. The number of carboxylic acids is 1. The maximum absolute atomic E-state index is 13.6. The smallest absolute Gasteiger partial charge is 0.340 e. The lowest BCUT2D eigenvalue weighted by Crippen LogP contribution is -2.27. The van der Waals surface area contributed by atoms with Gasteiger partial charge in [-0.3, -0.25) is 0 Å². The van der Waals surface area contributed by atoms with Crippen molar-refractivity contribution < 1.29 is 14.3 Å². The van der Waals surface area contributed by atoms with Gasteiger partial charge in [0.2, 0.25) is 0 Å². The van der Waals surface area contributed by atoms with Gasteiger partial charge in [0.1, 0.15) is 11.4 Å². The quantitative estimate of drug-likeness (QED) is 0.868. The van der Waals surface area contributed by atoms with Gasteiger partial charge in [-0.1, -0.05) is 19.4 Å². The van der Waals surface area contributed by atoms with Crippen LogP contribution < -0.4 is 5.32 Å². The fraction of sp³-hybridized carbons (Fsp3) is 0.533. The first-order chi connectivity index (χ1) is 9.11. The summed E-state index contributed by atoms with van der Waals surface area (Å²) in [6.07, 6.45) is 5.56. The van der Waals surface area contributed by atoms with Crippen molar-refractivity contribution >= 4 is 11.7 Å². The molecule has 0 amide bonds. The molecule has 4 heteroatoms. The van der Waals surface area contributed by atoms with Crippen molar-refractivity contribution in [1.29, 1.82) is 0 Å². The summed E-state index contributed by atoms with van der Waals surface area (Å²) in [4.78, 5) is 11.1. The molecule has 0 aliphatic heterocycles. The van der Waals surface area contributed by atoms with Crippen molar-refractivity contribution in [1.82, 2.24) is 0 Å². The molecule has 0 bridgehead atoms. The van der Waals surface area contributed by atoms with E-state index in [0.29, 0.717) is 5.69 Å². The Balaban J connectivity index is 2.08. The van der Waals surface area contributed by atoms with Gasteiger partial charge in [-0.2, -0.15) is 0 Å². The zero-order valence-electron chi connectivity index (χ0n) is 11.2. The molecule has 0 radical (unpaired) electrons. The summed E-state index contributed by atoms with van der Waals surface area (Å²) in [5.41, 5.74) is 0.146. The average molecular weight is 265 g/mol. The van der Waals surface area contributed by atoms with E-state index in [1.54, 1.807) is 12.1 Å². The molecule has 2 rings (SSSR count). The zero-order valence-corrected chi connectivity index (χ0v) is 11.2. The zero-order chi connectivity index (χ0) is 13.8. The van der Waals surface area contributed by atoms with Crippen LogP contribution in [0.25, 0.3) is 0 Å². The van der Waals surface area contributed by atoms with E-state index in [1.807, 2.05) is 0 Å². The molecular weight excluding hydrogens is 245 g/mol. The monoisotopic (exact) mass is 265 g/mol. The Morgan fingerprint density at radius 1 is 1.37 bits per heavy atom. The van der Waals surface area contributed by atoms with Crippen LogP contribution in [0.2, 0.25) is 0 Å². The molecule has 0 unspecified atom stereocenters. The SMILES string of the molecule is CCC1CCC(Nc2cccc(F)c2C(=O)O)CC1. The van der Waals surface area contributed by atoms with Gasteiger partial charge in [-0.05, 0) is 43.7 Å². The topological polar surface area (TPSA) is 49.3 Å². The molecule has 0 heterocycles. The van der Waals surface area contributed by atoms with Crippen LogP contribution in [0, 0.1) is 11.7 Å². The highest BCUT2D eigenvalue weighted by Crippen LogP contribution is 2.29. The molecule has 1 saturated carbocycles. The second-order valence-corrected chi connectivity index (χ2v) is 5.24. The van der Waals surface area contributed by atoms with Crippen molar-refractivity contribution in [2.45, 2.75) is 45.1 Å². The summed E-state index contributed by atoms with van der Waals surface area (Å²) >= 11 is 0. The molecule has 1 aliphatic rings. The van der Waals surface area contributed by atoms with Gasteiger partial charge in [0.15, 0.2) is 0 Å². The summed E-state index contributed by atoms with van der Waals surface area (Å²) in [7, 11) is 0. The van der Waals surface area contributed by atoms with Crippen molar-refractivity contribution in [2.75, 3.05) is 5.32 Å². The van der Waals surface area contributed by atoms with Crippen LogP contribution in [0.3, 0.4) is 0 Å². The summed E-state index contributed by atoms with van der Waals surface area (Å²) in [5.74, 6) is -1.12. The molecule has 3 nitrogen and oxygen atoms in total. The molecule has 0 saturated heterocycles. The van der Waals surface area contributed by atoms with Crippen LogP contribution in [-0.2, 0) is 0 Å². The second kappa shape index (κ2) is 6.04. The maximum Gasteiger partial charge on any atom is 0.340 e. The normalized spacial score (nSPS) is 23.1. The highest BCUT2D eigenvalue weighted by Gasteiger charge is 2.22. The Morgan fingerprint density at radius 2 is 2.05 bits per heavy atom. The number of halogens is 1. The molecule has 0 atom stereocenters. The fourth-order valence-electron chi connectivity index (χ4n) is 2.80. The lowest BCUT2D eigenvalue weighted by molar-refractivity contribution is 0.0693. The molecule has 19 heavy (non-hydrogen) atoms. The van der Waals surface area contributed by atoms with E-state index in [0.717, 1.165) is 31.6 Å². The van der Waals surface area contributed by atoms with E-state index in [9.17, 15) is 9.18 Å². The molecule has 1 aliphatic carbocycles. The van der Waals surface area contributed by atoms with E-state index in [1.165, 1.54) is 12.5 Å². The van der Waals surface area contributed by atoms with E-state index in [4.69, 9.17) is 5.11 Å². The molecular formula is C15H20FNO2. The number of hydrogen-bond acceptors (Lipinski definition) is 2. The van der Waals surface area contributed by atoms with Crippen LogP contribution in [0.1, 0.15) is 49.4 Å². The van der Waals surface area contributed by atoms with E-state index >= 15 is 0 Å². The van der Waals surface area contributed by atoms with Crippen molar-refractivity contribution in [3.63, 3.8) is 0 Å². The minimum Gasteiger partial charge on any atom is -0.478 e. The fourth-order valence-corrected chi connectivity index (χ4v) is 2.80. The molecule has 2 N–H and O–H groups in total. The third-order valence-electron chi connectivity index (χ3n) is 4.01. The molecule has 1 fully saturated rings.